The van der Waals surface area contributed by atoms with Crippen molar-refractivity contribution < 1.29 is 25.8 Å². The van der Waals surface area contributed by atoms with Gasteiger partial charge >= 0.3 is 15.6 Å². The van der Waals surface area contributed by atoms with Gasteiger partial charge in [-0.1, -0.05) is 17.3 Å². The lowest BCUT2D eigenvalue weighted by atomic mass is 10.3. The van der Waals surface area contributed by atoms with Gasteiger partial charge in [-0.25, -0.2) is 4.68 Å². The van der Waals surface area contributed by atoms with E-state index in [4.69, 9.17) is 0 Å². The number of benzene rings is 1. The highest BCUT2D eigenvalue weighted by molar-refractivity contribution is 7.87. The average Bonchev–Trinajstić information content (AvgIpc) is 2.70. The van der Waals surface area contributed by atoms with Gasteiger partial charge < -0.3 is 4.18 Å². The molecule has 0 fully saturated rings. The van der Waals surface area contributed by atoms with Crippen molar-refractivity contribution in [2.75, 3.05) is 0 Å². The van der Waals surface area contributed by atoms with E-state index in [-0.39, 0.29) is 0 Å². The van der Waals surface area contributed by atoms with Crippen LogP contribution in [0.1, 0.15) is 6.92 Å². The van der Waals surface area contributed by atoms with Crippen LogP contribution in [0.4, 0.5) is 13.2 Å². The van der Waals surface area contributed by atoms with Crippen molar-refractivity contribution in [1.82, 2.24) is 15.0 Å². The maximum atomic E-state index is 12.2. The number of aromatic nitrogens is 3. The molecule has 0 bridgehead atoms. The summed E-state index contributed by atoms with van der Waals surface area (Å²) in [5.41, 5.74) is -4.47. The van der Waals surface area contributed by atoms with Crippen LogP contribution in [0.5, 0.6) is 0 Å². The van der Waals surface area contributed by atoms with Gasteiger partial charge in [0.2, 0.25) is 0 Å². The SMILES string of the molecule is C/C(=C/n1nnc2ccccc21)OS(=O)(=O)C(F)(F)F. The van der Waals surface area contributed by atoms with E-state index >= 15 is 0 Å². The average molecular weight is 307 g/mol. The predicted molar refractivity (Wildman–Crippen MR) is 63.5 cm³/mol. The summed E-state index contributed by atoms with van der Waals surface area (Å²) in [5, 5.41) is 7.42. The van der Waals surface area contributed by atoms with E-state index in [1.54, 1.807) is 24.3 Å². The molecule has 2 aromatic rings. The fraction of sp³-hybridized carbons (Fsp3) is 0.200. The molecular formula is C10H8F3N3O3S. The smallest absolute Gasteiger partial charge is 0.379 e. The molecule has 1 aromatic carbocycles. The molecule has 20 heavy (non-hydrogen) atoms. The molecule has 6 nitrogen and oxygen atoms in total. The maximum absolute atomic E-state index is 12.2. The lowest BCUT2D eigenvalue weighted by molar-refractivity contribution is -0.0521. The normalized spacial score (nSPS) is 13.7. The van der Waals surface area contributed by atoms with E-state index in [0.29, 0.717) is 11.0 Å². The van der Waals surface area contributed by atoms with Gasteiger partial charge in [0, 0.05) is 0 Å². The molecule has 0 saturated carbocycles. The minimum atomic E-state index is -5.68. The molecule has 0 radical (unpaired) electrons. The van der Waals surface area contributed by atoms with Crippen molar-refractivity contribution >= 4 is 27.4 Å². The van der Waals surface area contributed by atoms with Crippen LogP contribution in [0.25, 0.3) is 17.2 Å². The Bertz CT molecular complexity index is 765. The van der Waals surface area contributed by atoms with E-state index < -0.39 is 21.4 Å². The van der Waals surface area contributed by atoms with Gasteiger partial charge in [0.1, 0.15) is 11.3 Å². The Hall–Kier alpha value is -2.10. The first-order valence-electron chi connectivity index (χ1n) is 5.20. The molecule has 0 atom stereocenters. The second-order valence-electron chi connectivity index (χ2n) is 3.75. The number of para-hydroxylation sites is 1. The summed E-state index contributed by atoms with van der Waals surface area (Å²) in [6.45, 7) is 1.07. The van der Waals surface area contributed by atoms with Crippen LogP contribution in [0.15, 0.2) is 30.0 Å². The van der Waals surface area contributed by atoms with Gasteiger partial charge in [0.05, 0.1) is 11.7 Å². The van der Waals surface area contributed by atoms with Crippen molar-refractivity contribution in [3.8, 4) is 0 Å². The third-order valence-electron chi connectivity index (χ3n) is 2.21. The van der Waals surface area contributed by atoms with E-state index in [0.717, 1.165) is 17.8 Å². The molecule has 0 aliphatic carbocycles. The minimum absolute atomic E-state index is 0.488. The van der Waals surface area contributed by atoms with Crippen LogP contribution in [0.2, 0.25) is 0 Å². The number of rotatable bonds is 3. The van der Waals surface area contributed by atoms with Crippen molar-refractivity contribution in [3.05, 3.63) is 30.0 Å². The molecule has 2 rings (SSSR count). The second kappa shape index (κ2) is 4.78. The maximum Gasteiger partial charge on any atom is 0.534 e. The monoisotopic (exact) mass is 307 g/mol. The standard InChI is InChI=1S/C10H8F3N3O3S/c1-7(19-20(17,18)10(11,12)13)6-16-9-5-3-2-4-8(9)14-15-16/h2-6H,1H3/b7-6-. The summed E-state index contributed by atoms with van der Waals surface area (Å²) >= 11 is 0. The number of fused-ring (bicyclic) bond motifs is 1. The van der Waals surface area contributed by atoms with E-state index in [1.165, 1.54) is 0 Å². The third-order valence-corrected chi connectivity index (χ3v) is 3.26. The van der Waals surface area contributed by atoms with Crippen molar-refractivity contribution in [2.45, 2.75) is 12.4 Å². The number of nitrogens with zero attached hydrogens (tertiary/aromatic N) is 3. The highest BCUT2D eigenvalue weighted by atomic mass is 32.2. The molecular weight excluding hydrogens is 299 g/mol. The summed E-state index contributed by atoms with van der Waals surface area (Å²) in [7, 11) is -5.68. The summed E-state index contributed by atoms with van der Waals surface area (Å²) < 4.78 is 63.2. The molecule has 1 heterocycles. The highest BCUT2D eigenvalue weighted by Crippen LogP contribution is 2.26. The molecule has 0 N–H and O–H groups in total. The molecule has 0 aliphatic heterocycles. The van der Waals surface area contributed by atoms with Gasteiger partial charge in [-0.15, -0.1) is 5.10 Å². The number of hydrogen-bond donors (Lipinski definition) is 0. The van der Waals surface area contributed by atoms with E-state index in [1.807, 2.05) is 0 Å². The predicted octanol–water partition coefficient (Wildman–Crippen LogP) is 2.12. The number of alkyl halides is 3. The number of hydrogen-bond acceptors (Lipinski definition) is 5. The Labute approximate surface area is 111 Å². The van der Waals surface area contributed by atoms with Crippen LogP contribution in [0.3, 0.4) is 0 Å². The Morgan fingerprint density at radius 1 is 1.35 bits per heavy atom. The fourth-order valence-corrected chi connectivity index (χ4v) is 1.88. The fourth-order valence-electron chi connectivity index (χ4n) is 1.40. The Kier molecular flexibility index (Phi) is 3.42. The van der Waals surface area contributed by atoms with Gasteiger partial charge in [-0.05, 0) is 19.1 Å². The topological polar surface area (TPSA) is 74.1 Å². The van der Waals surface area contributed by atoms with Gasteiger partial charge in [-0.3, -0.25) is 0 Å². The van der Waals surface area contributed by atoms with Crippen LogP contribution >= 0.6 is 0 Å². The third kappa shape index (κ3) is 2.74. The van der Waals surface area contributed by atoms with E-state index in [2.05, 4.69) is 14.5 Å². The molecule has 108 valence electrons. The number of allylic oxidation sites excluding steroid dienone is 1. The Balaban J connectivity index is 2.32. The van der Waals surface area contributed by atoms with Crippen molar-refractivity contribution in [1.29, 1.82) is 0 Å². The zero-order valence-electron chi connectivity index (χ0n) is 10.00. The van der Waals surface area contributed by atoms with Crippen LogP contribution < -0.4 is 0 Å². The molecule has 0 saturated heterocycles. The molecule has 0 spiro atoms. The van der Waals surface area contributed by atoms with Crippen molar-refractivity contribution in [3.63, 3.8) is 0 Å². The lowest BCUT2D eigenvalue weighted by Gasteiger charge is -2.09. The molecule has 1 aromatic heterocycles. The molecule has 0 amide bonds. The first-order chi connectivity index (χ1) is 9.21. The quantitative estimate of drug-likeness (QED) is 0.493. The molecule has 0 aliphatic rings. The van der Waals surface area contributed by atoms with Gasteiger partial charge in [-0.2, -0.15) is 21.6 Å². The summed E-state index contributed by atoms with van der Waals surface area (Å²) in [4.78, 5) is 0. The van der Waals surface area contributed by atoms with Crippen LogP contribution in [0, 0.1) is 0 Å². The van der Waals surface area contributed by atoms with Crippen LogP contribution in [-0.2, 0) is 14.3 Å². The zero-order chi connectivity index (χ0) is 15.0. The largest absolute Gasteiger partial charge is 0.534 e. The van der Waals surface area contributed by atoms with Gasteiger partial charge in [0.25, 0.3) is 0 Å². The second-order valence-corrected chi connectivity index (χ2v) is 5.28. The van der Waals surface area contributed by atoms with E-state index in [9.17, 15) is 21.6 Å². The summed E-state index contributed by atoms with van der Waals surface area (Å²) in [5.74, 6) is -0.488. The lowest BCUT2D eigenvalue weighted by Crippen LogP contribution is -2.25. The summed E-state index contributed by atoms with van der Waals surface area (Å²) in [6.07, 6.45) is 0.999. The first-order valence-corrected chi connectivity index (χ1v) is 6.60. The Morgan fingerprint density at radius 2 is 2.00 bits per heavy atom. The Morgan fingerprint density at radius 3 is 2.65 bits per heavy atom. The summed E-state index contributed by atoms with van der Waals surface area (Å²) in [6, 6.07) is 6.66. The first kappa shape index (κ1) is 14.3. The highest BCUT2D eigenvalue weighted by Gasteiger charge is 2.48. The molecule has 10 heteroatoms. The number of halogens is 3. The van der Waals surface area contributed by atoms with Crippen LogP contribution in [-0.4, -0.2) is 28.9 Å². The zero-order valence-corrected chi connectivity index (χ0v) is 10.8. The van der Waals surface area contributed by atoms with Crippen molar-refractivity contribution in [2.24, 2.45) is 0 Å². The minimum Gasteiger partial charge on any atom is -0.379 e. The molecule has 0 unspecified atom stereocenters. The van der Waals surface area contributed by atoms with Gasteiger partial charge in [0.15, 0.2) is 0 Å².